The highest BCUT2D eigenvalue weighted by atomic mass is 32.2. The molecule has 2 aromatic rings. The van der Waals surface area contributed by atoms with Gasteiger partial charge in [0.1, 0.15) is 16.3 Å². The van der Waals surface area contributed by atoms with E-state index in [0.717, 1.165) is 32.5 Å². The topological polar surface area (TPSA) is 70.7 Å². The minimum Gasteiger partial charge on any atom is -0.495 e. The van der Waals surface area contributed by atoms with E-state index in [1.54, 1.807) is 13.2 Å². The van der Waals surface area contributed by atoms with Gasteiger partial charge in [-0.2, -0.15) is 4.72 Å². The van der Waals surface area contributed by atoms with E-state index >= 15 is 0 Å². The third kappa shape index (κ3) is 4.13. The van der Waals surface area contributed by atoms with Gasteiger partial charge in [0.05, 0.1) is 12.8 Å². The molecule has 1 fully saturated rings. The maximum Gasteiger partial charge on any atom is 0.244 e. The highest BCUT2D eigenvalue weighted by Crippen LogP contribution is 2.42. The number of methoxy groups -OCH3 is 1. The minimum atomic E-state index is -3.59. The molecular weight excluding hydrogens is 386 g/mol. The van der Waals surface area contributed by atoms with Crippen molar-refractivity contribution in [2.24, 2.45) is 0 Å². The molecule has 0 bridgehead atoms. The maximum absolute atomic E-state index is 13.0. The van der Waals surface area contributed by atoms with Gasteiger partial charge in [0.25, 0.3) is 0 Å². The predicted octanol–water partition coefficient (Wildman–Crippen LogP) is 3.13. The molecule has 0 radical (unpaired) electrons. The van der Waals surface area contributed by atoms with E-state index in [1.165, 1.54) is 5.56 Å². The van der Waals surface area contributed by atoms with Crippen LogP contribution in [-0.4, -0.2) is 45.7 Å². The van der Waals surface area contributed by atoms with Gasteiger partial charge in [-0.1, -0.05) is 36.4 Å². The van der Waals surface area contributed by atoms with Crippen molar-refractivity contribution in [3.63, 3.8) is 0 Å². The molecule has 0 saturated carbocycles. The van der Waals surface area contributed by atoms with Crippen LogP contribution in [0.3, 0.4) is 0 Å². The van der Waals surface area contributed by atoms with Crippen LogP contribution in [0, 0.1) is 6.92 Å². The zero-order valence-electron chi connectivity index (χ0n) is 17.1. The summed E-state index contributed by atoms with van der Waals surface area (Å²) in [6.07, 6.45) is 3.60. The van der Waals surface area contributed by atoms with Crippen molar-refractivity contribution in [1.29, 1.82) is 0 Å². The fraction of sp³-hybridized carbons (Fsp3) is 0.455. The summed E-state index contributed by atoms with van der Waals surface area (Å²) in [5, 5.41) is 3.49. The fourth-order valence-electron chi connectivity index (χ4n) is 4.41. The molecule has 6 nitrogen and oxygen atoms in total. The van der Waals surface area contributed by atoms with Gasteiger partial charge in [-0.25, -0.2) is 8.42 Å². The van der Waals surface area contributed by atoms with Crippen molar-refractivity contribution >= 4 is 15.7 Å². The Morgan fingerprint density at radius 3 is 2.52 bits per heavy atom. The Balaban J connectivity index is 1.43. The fourth-order valence-corrected chi connectivity index (χ4v) is 6.20. The van der Waals surface area contributed by atoms with Crippen molar-refractivity contribution in [1.82, 2.24) is 9.62 Å². The van der Waals surface area contributed by atoms with Gasteiger partial charge in [-0.05, 0) is 56.3 Å². The van der Waals surface area contributed by atoms with Crippen LogP contribution in [-0.2, 0) is 16.4 Å². The lowest BCUT2D eigenvalue weighted by Gasteiger charge is -2.46. The average Bonchev–Trinajstić information content (AvgIpc) is 2.70. The van der Waals surface area contributed by atoms with Gasteiger partial charge < -0.3 is 15.0 Å². The predicted molar refractivity (Wildman–Crippen MR) is 115 cm³/mol. The maximum atomic E-state index is 13.0. The summed E-state index contributed by atoms with van der Waals surface area (Å²) >= 11 is 0. The molecule has 29 heavy (non-hydrogen) atoms. The zero-order valence-corrected chi connectivity index (χ0v) is 17.9. The first-order valence-electron chi connectivity index (χ1n) is 10.2. The monoisotopic (exact) mass is 415 g/mol. The number of nitrogens with one attached hydrogen (secondary N) is 2. The Hall–Kier alpha value is -2.09. The number of sulfonamides is 1. The first-order chi connectivity index (χ1) is 13.9. The van der Waals surface area contributed by atoms with Crippen molar-refractivity contribution < 1.29 is 13.2 Å². The molecule has 1 saturated heterocycles. The smallest absolute Gasteiger partial charge is 0.244 e. The molecule has 2 N–H and O–H groups in total. The number of hydrogen-bond acceptors (Lipinski definition) is 5. The summed E-state index contributed by atoms with van der Waals surface area (Å²) in [5.41, 5.74) is 2.02. The molecule has 156 valence electrons. The summed E-state index contributed by atoms with van der Waals surface area (Å²) in [4.78, 5) is 2.72. The van der Waals surface area contributed by atoms with Crippen LogP contribution in [0.4, 0.5) is 5.69 Å². The first kappa shape index (κ1) is 20.2. The molecule has 0 atom stereocenters. The largest absolute Gasteiger partial charge is 0.495 e. The van der Waals surface area contributed by atoms with Gasteiger partial charge in [0.15, 0.2) is 0 Å². The Morgan fingerprint density at radius 1 is 1.10 bits per heavy atom. The van der Waals surface area contributed by atoms with E-state index in [4.69, 9.17) is 4.74 Å². The summed E-state index contributed by atoms with van der Waals surface area (Å²) in [7, 11) is -2.02. The van der Waals surface area contributed by atoms with Gasteiger partial charge in [-0.3, -0.25) is 0 Å². The number of benzene rings is 2. The van der Waals surface area contributed by atoms with Gasteiger partial charge in [0.2, 0.25) is 10.0 Å². The number of anilines is 1. The second-order valence-electron chi connectivity index (χ2n) is 8.03. The lowest BCUT2D eigenvalue weighted by Crippen LogP contribution is -2.62. The van der Waals surface area contributed by atoms with Crippen molar-refractivity contribution in [3.05, 3.63) is 53.6 Å². The molecule has 2 aliphatic rings. The second kappa shape index (κ2) is 7.97. The quantitative estimate of drug-likeness (QED) is 0.785. The van der Waals surface area contributed by atoms with Crippen LogP contribution in [0.1, 0.15) is 30.4 Å². The molecule has 0 aromatic heterocycles. The van der Waals surface area contributed by atoms with Crippen molar-refractivity contribution in [2.45, 2.75) is 43.2 Å². The third-order valence-electron chi connectivity index (χ3n) is 5.99. The van der Waals surface area contributed by atoms with Crippen LogP contribution in [0.15, 0.2) is 47.4 Å². The normalized spacial score (nSPS) is 20.1. The second-order valence-corrected chi connectivity index (χ2v) is 9.65. The Morgan fingerprint density at radius 2 is 1.83 bits per heavy atom. The number of piperidine rings is 1. The molecule has 0 aliphatic carbocycles. The number of aryl methyl sites for hydroxylation is 2. The molecule has 1 spiro atoms. The number of ether oxygens (including phenoxy) is 1. The molecule has 2 aromatic carbocycles. The van der Waals surface area contributed by atoms with Crippen LogP contribution in [0.2, 0.25) is 0 Å². The van der Waals surface area contributed by atoms with Crippen molar-refractivity contribution in [3.8, 4) is 5.75 Å². The summed E-state index contributed by atoms with van der Waals surface area (Å²) < 4.78 is 34.4. The van der Waals surface area contributed by atoms with Gasteiger partial charge in [0, 0.05) is 13.1 Å². The summed E-state index contributed by atoms with van der Waals surface area (Å²) in [5.74, 6) is 0.570. The van der Waals surface area contributed by atoms with E-state index in [1.807, 2.05) is 19.1 Å². The van der Waals surface area contributed by atoms with Gasteiger partial charge >= 0.3 is 0 Å². The first-order valence-corrected chi connectivity index (χ1v) is 11.7. The number of rotatable bonds is 5. The molecule has 0 amide bonds. The van der Waals surface area contributed by atoms with Crippen LogP contribution in [0.5, 0.6) is 5.75 Å². The molecular formula is C22H29N3O3S. The molecule has 2 aliphatic heterocycles. The molecule has 7 heteroatoms. The summed E-state index contributed by atoms with van der Waals surface area (Å²) in [6.45, 7) is 4.55. The minimum absolute atomic E-state index is 0.299. The van der Waals surface area contributed by atoms with Crippen LogP contribution in [0.25, 0.3) is 0 Å². The molecule has 0 unspecified atom stereocenters. The van der Waals surface area contributed by atoms with E-state index in [9.17, 15) is 8.42 Å². The molecule has 4 rings (SSSR count). The lowest BCUT2D eigenvalue weighted by atomic mass is 9.96. The Bertz CT molecular complexity index is 968. The Kier molecular flexibility index (Phi) is 5.55. The molecule has 2 heterocycles. The highest BCUT2D eigenvalue weighted by Gasteiger charge is 2.44. The van der Waals surface area contributed by atoms with E-state index in [0.29, 0.717) is 34.7 Å². The number of hydrogen-bond donors (Lipinski definition) is 2. The van der Waals surface area contributed by atoms with Crippen molar-refractivity contribution in [2.75, 3.05) is 32.1 Å². The van der Waals surface area contributed by atoms with E-state index in [-0.39, 0.29) is 0 Å². The SMILES string of the molecule is COc1ccc(C)c2c1NC1(CCN(CCCc3ccccc3)CC1)NS2(=O)=O. The average molecular weight is 416 g/mol. The lowest BCUT2D eigenvalue weighted by molar-refractivity contribution is 0.163. The van der Waals surface area contributed by atoms with E-state index < -0.39 is 15.7 Å². The Labute approximate surface area is 173 Å². The zero-order chi connectivity index (χ0) is 20.5. The third-order valence-corrected chi connectivity index (χ3v) is 7.71. The van der Waals surface area contributed by atoms with Gasteiger partial charge in [-0.15, -0.1) is 0 Å². The number of nitrogens with zero attached hydrogens (tertiary/aromatic N) is 1. The summed E-state index contributed by atoms with van der Waals surface area (Å²) in [6, 6.07) is 14.1. The van der Waals surface area contributed by atoms with Crippen LogP contribution >= 0.6 is 0 Å². The highest BCUT2D eigenvalue weighted by molar-refractivity contribution is 7.89. The number of likely N-dealkylation sites (tertiary alicyclic amines) is 1. The standard InChI is InChI=1S/C22H29N3O3S/c1-17-10-11-19(28-2)20-21(17)29(26,27)24-22(23-20)12-15-25(16-13-22)14-6-9-18-7-4-3-5-8-18/h3-5,7-8,10-11,23-24H,6,9,12-16H2,1-2H3. The van der Waals surface area contributed by atoms with Crippen LogP contribution < -0.4 is 14.8 Å². The number of fused-ring (bicyclic) bond motifs is 1. The van der Waals surface area contributed by atoms with E-state index in [2.05, 4.69) is 39.2 Å².